The highest BCUT2D eigenvalue weighted by Gasteiger charge is 2.14. The molecule has 0 bridgehead atoms. The quantitative estimate of drug-likeness (QED) is 0.405. The lowest BCUT2D eigenvalue weighted by atomic mass is 9.98. The molecule has 2 heterocycles. The monoisotopic (exact) mass is 417 g/mol. The number of amides is 1. The Morgan fingerprint density at radius 1 is 1.06 bits per heavy atom. The lowest BCUT2D eigenvalue weighted by Crippen LogP contribution is -2.20. The summed E-state index contributed by atoms with van der Waals surface area (Å²) in [7, 11) is 0. The predicted molar refractivity (Wildman–Crippen MR) is 117 cm³/mol. The number of hydrogen-bond acceptors (Lipinski definition) is 6. The van der Waals surface area contributed by atoms with E-state index in [1.165, 1.54) is 0 Å². The zero-order chi connectivity index (χ0) is 21.6. The van der Waals surface area contributed by atoms with Gasteiger partial charge in [-0.3, -0.25) is 4.79 Å². The number of carbonyl (C=O) groups excluding carboxylic acids is 1. The van der Waals surface area contributed by atoms with Crippen molar-refractivity contribution in [3.05, 3.63) is 72.5 Å². The van der Waals surface area contributed by atoms with Crippen LogP contribution in [0.1, 0.15) is 31.7 Å². The zero-order valence-electron chi connectivity index (χ0n) is 17.4. The van der Waals surface area contributed by atoms with Gasteiger partial charge >= 0.3 is 0 Å². The maximum Gasteiger partial charge on any atom is 0.283 e. The van der Waals surface area contributed by atoms with Crippen molar-refractivity contribution in [1.82, 2.24) is 10.2 Å². The van der Waals surface area contributed by atoms with E-state index in [1.54, 1.807) is 36.6 Å². The molecule has 31 heavy (non-hydrogen) atoms. The largest absolute Gasteiger partial charge is 0.483 e. The second-order valence-electron chi connectivity index (χ2n) is 7.15. The van der Waals surface area contributed by atoms with Crippen LogP contribution >= 0.6 is 0 Å². The van der Waals surface area contributed by atoms with E-state index < -0.39 is 0 Å². The fraction of sp³-hybridized carbons (Fsp3) is 0.208. The summed E-state index contributed by atoms with van der Waals surface area (Å²) in [6, 6.07) is 18.5. The van der Waals surface area contributed by atoms with Crippen LogP contribution in [0.15, 0.2) is 75.8 Å². The minimum Gasteiger partial charge on any atom is -0.483 e. The molecule has 0 saturated heterocycles. The van der Waals surface area contributed by atoms with Crippen LogP contribution in [0.4, 0.5) is 5.69 Å². The first-order chi connectivity index (χ1) is 15.1. The third-order valence-corrected chi connectivity index (χ3v) is 4.97. The van der Waals surface area contributed by atoms with E-state index >= 15 is 0 Å². The third-order valence-electron chi connectivity index (χ3n) is 4.97. The van der Waals surface area contributed by atoms with E-state index in [-0.39, 0.29) is 12.5 Å². The average Bonchev–Trinajstić information content (AvgIpc) is 3.49. The Labute approximate surface area is 180 Å². The summed E-state index contributed by atoms with van der Waals surface area (Å²) >= 11 is 0. The van der Waals surface area contributed by atoms with Crippen LogP contribution < -0.4 is 10.1 Å². The minimum atomic E-state index is -0.252. The van der Waals surface area contributed by atoms with Gasteiger partial charge in [0.1, 0.15) is 5.75 Å². The first-order valence-electron chi connectivity index (χ1n) is 10.1. The molecular weight excluding hydrogens is 394 g/mol. The first-order valence-corrected chi connectivity index (χ1v) is 10.1. The predicted octanol–water partition coefficient (Wildman–Crippen LogP) is 5.53. The molecule has 1 unspecified atom stereocenters. The van der Waals surface area contributed by atoms with Gasteiger partial charge in [0.15, 0.2) is 12.4 Å². The van der Waals surface area contributed by atoms with E-state index in [0.29, 0.717) is 34.7 Å². The molecule has 0 radical (unpaired) electrons. The molecule has 2 aromatic heterocycles. The number of para-hydroxylation sites is 1. The van der Waals surface area contributed by atoms with Gasteiger partial charge in [-0.2, -0.15) is 0 Å². The van der Waals surface area contributed by atoms with Crippen molar-refractivity contribution in [3.63, 3.8) is 0 Å². The van der Waals surface area contributed by atoms with Gasteiger partial charge in [-0.15, -0.1) is 10.2 Å². The van der Waals surface area contributed by atoms with Crippen molar-refractivity contribution in [2.75, 3.05) is 11.9 Å². The molecule has 1 N–H and O–H groups in total. The van der Waals surface area contributed by atoms with Crippen LogP contribution in [-0.4, -0.2) is 22.7 Å². The topological polar surface area (TPSA) is 90.4 Å². The number of benzene rings is 2. The van der Waals surface area contributed by atoms with Crippen molar-refractivity contribution in [2.45, 2.75) is 26.2 Å². The van der Waals surface area contributed by atoms with Gasteiger partial charge in [0.2, 0.25) is 5.89 Å². The Hall–Kier alpha value is -3.87. The highest BCUT2D eigenvalue weighted by atomic mass is 16.5. The molecule has 7 heteroatoms. The van der Waals surface area contributed by atoms with Gasteiger partial charge in [-0.05, 0) is 54.3 Å². The van der Waals surface area contributed by atoms with E-state index in [0.717, 1.165) is 17.7 Å². The smallest absolute Gasteiger partial charge is 0.283 e. The number of ether oxygens (including phenoxy) is 1. The van der Waals surface area contributed by atoms with E-state index in [1.807, 2.05) is 30.3 Å². The normalized spacial score (nSPS) is 11.8. The molecule has 158 valence electrons. The van der Waals surface area contributed by atoms with Gasteiger partial charge < -0.3 is 18.9 Å². The summed E-state index contributed by atoms with van der Waals surface area (Å²) in [6.45, 7) is 4.19. The van der Waals surface area contributed by atoms with E-state index in [9.17, 15) is 4.79 Å². The molecule has 0 fully saturated rings. The second-order valence-corrected chi connectivity index (χ2v) is 7.15. The number of carbonyl (C=O) groups is 1. The van der Waals surface area contributed by atoms with Gasteiger partial charge in [0, 0.05) is 11.3 Å². The van der Waals surface area contributed by atoms with E-state index in [4.69, 9.17) is 13.6 Å². The molecule has 0 aliphatic heterocycles. The number of rotatable bonds is 8. The van der Waals surface area contributed by atoms with Crippen LogP contribution in [0.25, 0.3) is 23.1 Å². The minimum absolute atomic E-state index is 0.0825. The molecule has 0 aliphatic rings. The van der Waals surface area contributed by atoms with Gasteiger partial charge in [0.25, 0.3) is 11.8 Å². The molecule has 4 rings (SSSR count). The van der Waals surface area contributed by atoms with Gasteiger partial charge in [-0.1, -0.05) is 38.1 Å². The fourth-order valence-corrected chi connectivity index (χ4v) is 3.15. The number of nitrogens with one attached hydrogen (secondary N) is 1. The molecule has 0 saturated carbocycles. The summed E-state index contributed by atoms with van der Waals surface area (Å²) in [5, 5.41) is 10.9. The highest BCUT2D eigenvalue weighted by Crippen LogP contribution is 2.29. The SMILES string of the molecule is CCC(C)c1ccccc1OCC(=O)Nc1cccc(-c2nnc(-c3ccco3)o2)c1. The van der Waals surface area contributed by atoms with Crippen molar-refractivity contribution in [1.29, 1.82) is 0 Å². The van der Waals surface area contributed by atoms with Gasteiger partial charge in [0.05, 0.1) is 6.26 Å². The lowest BCUT2D eigenvalue weighted by Gasteiger charge is -2.15. The van der Waals surface area contributed by atoms with Crippen molar-refractivity contribution >= 4 is 11.6 Å². The summed E-state index contributed by atoms with van der Waals surface area (Å²) in [4.78, 5) is 12.4. The lowest BCUT2D eigenvalue weighted by molar-refractivity contribution is -0.118. The second kappa shape index (κ2) is 9.30. The molecule has 0 spiro atoms. The first kappa shape index (κ1) is 20.4. The van der Waals surface area contributed by atoms with E-state index in [2.05, 4.69) is 29.4 Å². The molecule has 0 aliphatic carbocycles. The summed E-state index contributed by atoms with van der Waals surface area (Å²) in [5.41, 5.74) is 2.40. The molecular formula is C24H23N3O4. The Morgan fingerprint density at radius 2 is 1.90 bits per heavy atom. The number of anilines is 1. The molecule has 7 nitrogen and oxygen atoms in total. The summed E-state index contributed by atoms with van der Waals surface area (Å²) < 4.78 is 16.7. The van der Waals surface area contributed by atoms with Crippen molar-refractivity contribution in [3.8, 4) is 28.9 Å². The molecule has 2 aromatic carbocycles. The molecule has 1 amide bonds. The van der Waals surface area contributed by atoms with Crippen molar-refractivity contribution in [2.24, 2.45) is 0 Å². The third kappa shape index (κ3) is 4.83. The van der Waals surface area contributed by atoms with Crippen LogP contribution in [0.2, 0.25) is 0 Å². The Kier molecular flexibility index (Phi) is 6.12. The number of aromatic nitrogens is 2. The molecule has 1 atom stereocenters. The standard InChI is InChI=1S/C24H23N3O4/c1-3-16(2)19-10-4-5-11-20(19)30-15-22(28)25-18-9-6-8-17(14-18)23-26-27-24(31-23)21-12-7-13-29-21/h4-14,16H,3,15H2,1-2H3,(H,25,28). The Bertz CT molecular complexity index is 1150. The Balaban J connectivity index is 1.41. The summed E-state index contributed by atoms with van der Waals surface area (Å²) in [5.74, 6) is 1.97. The van der Waals surface area contributed by atoms with Crippen LogP contribution in [0.3, 0.4) is 0 Å². The van der Waals surface area contributed by atoms with Crippen LogP contribution in [0.5, 0.6) is 5.75 Å². The number of nitrogens with zero attached hydrogens (tertiary/aromatic N) is 2. The number of furan rings is 1. The molecule has 4 aromatic rings. The van der Waals surface area contributed by atoms with Crippen LogP contribution in [-0.2, 0) is 4.79 Å². The maximum absolute atomic E-state index is 12.4. The highest BCUT2D eigenvalue weighted by molar-refractivity contribution is 5.92. The Morgan fingerprint density at radius 3 is 2.71 bits per heavy atom. The average molecular weight is 417 g/mol. The summed E-state index contributed by atoms with van der Waals surface area (Å²) in [6.07, 6.45) is 2.54. The van der Waals surface area contributed by atoms with Crippen LogP contribution in [0, 0.1) is 0 Å². The van der Waals surface area contributed by atoms with Crippen molar-refractivity contribution < 1.29 is 18.4 Å². The number of hydrogen-bond donors (Lipinski definition) is 1. The van der Waals surface area contributed by atoms with Gasteiger partial charge in [-0.25, -0.2) is 0 Å². The fourth-order valence-electron chi connectivity index (χ4n) is 3.15. The maximum atomic E-state index is 12.4. The zero-order valence-corrected chi connectivity index (χ0v) is 17.4.